The lowest BCUT2D eigenvalue weighted by atomic mass is 9.89. The number of ketones is 1. The second-order valence-corrected chi connectivity index (χ2v) is 14.7. The fourth-order valence-corrected chi connectivity index (χ4v) is 7.93. The number of carbonyl (C=O) groups is 2. The van der Waals surface area contributed by atoms with Crippen molar-refractivity contribution in [1.82, 2.24) is 4.57 Å². The molecular weight excluding hydrogens is 673 g/mol. The van der Waals surface area contributed by atoms with Crippen LogP contribution in [0, 0.1) is 26.7 Å². The van der Waals surface area contributed by atoms with Crippen LogP contribution < -0.4 is 4.74 Å². The number of rotatable bonds is 15. The van der Waals surface area contributed by atoms with E-state index in [0.29, 0.717) is 34.9 Å². The van der Waals surface area contributed by atoms with E-state index in [-0.39, 0.29) is 18.5 Å². The number of aromatic nitrogens is 1. The Morgan fingerprint density at radius 1 is 0.815 bits per heavy atom. The Labute approximate surface area is 318 Å². The number of aryl methyl sites for hydroxylation is 3. The summed E-state index contributed by atoms with van der Waals surface area (Å²) in [6.45, 7) is 14.7. The molecule has 1 N–H and O–H groups in total. The highest BCUT2D eigenvalue weighted by atomic mass is 16.7. The number of hydrogen-bond donors (Lipinski definition) is 1. The van der Waals surface area contributed by atoms with Crippen LogP contribution in [0.2, 0.25) is 0 Å². The minimum Gasteiger partial charge on any atom is -0.490 e. The molecule has 5 aromatic carbocycles. The average Bonchev–Trinajstić information content (AvgIpc) is 3.45. The third kappa shape index (κ3) is 7.83. The van der Waals surface area contributed by atoms with Gasteiger partial charge in [-0.15, -0.1) is 0 Å². The number of aliphatic hydroxyl groups is 1. The van der Waals surface area contributed by atoms with Gasteiger partial charge in [-0.1, -0.05) is 98.4 Å². The molecule has 280 valence electrons. The van der Waals surface area contributed by atoms with Crippen molar-refractivity contribution in [3.8, 4) is 5.75 Å². The molecule has 1 aromatic heterocycles. The zero-order valence-corrected chi connectivity index (χ0v) is 32.7. The summed E-state index contributed by atoms with van der Waals surface area (Å²) in [5, 5.41) is 17.9. The first-order valence-electron chi connectivity index (χ1n) is 19.3. The second-order valence-electron chi connectivity index (χ2n) is 14.7. The molecule has 0 aliphatic carbocycles. The minimum atomic E-state index is -0.536. The molecule has 0 saturated carbocycles. The van der Waals surface area contributed by atoms with Crippen molar-refractivity contribution in [3.05, 3.63) is 124 Å². The van der Waals surface area contributed by atoms with Gasteiger partial charge in [0.05, 0.1) is 11.6 Å². The molecule has 0 amide bonds. The summed E-state index contributed by atoms with van der Waals surface area (Å²) in [6.07, 6.45) is 4.72. The van der Waals surface area contributed by atoms with E-state index >= 15 is 0 Å². The van der Waals surface area contributed by atoms with Crippen molar-refractivity contribution < 1.29 is 24.3 Å². The molecule has 6 rings (SSSR count). The summed E-state index contributed by atoms with van der Waals surface area (Å²) in [6, 6.07) is 28.3. The first-order chi connectivity index (χ1) is 26.1. The maximum atomic E-state index is 14.7. The van der Waals surface area contributed by atoms with E-state index in [1.807, 2.05) is 57.2 Å². The molecular formula is C47H52N2O5. The first kappa shape index (κ1) is 38.5. The molecule has 2 unspecified atom stereocenters. The summed E-state index contributed by atoms with van der Waals surface area (Å²) < 4.78 is 8.73. The zero-order chi connectivity index (χ0) is 38.5. The van der Waals surface area contributed by atoms with Crippen LogP contribution in [-0.4, -0.2) is 39.8 Å². The van der Waals surface area contributed by atoms with E-state index in [0.717, 1.165) is 86.2 Å². The highest BCUT2D eigenvalue weighted by Crippen LogP contribution is 2.39. The Kier molecular flexibility index (Phi) is 12.0. The molecule has 0 spiro atoms. The third-order valence-electron chi connectivity index (χ3n) is 10.5. The Morgan fingerprint density at radius 2 is 1.52 bits per heavy atom. The highest BCUT2D eigenvalue weighted by molar-refractivity contribution is 6.27. The van der Waals surface area contributed by atoms with E-state index in [1.54, 1.807) is 0 Å². The number of nitrogens with zero attached hydrogens (tertiary/aromatic N) is 2. The van der Waals surface area contributed by atoms with Gasteiger partial charge in [-0.3, -0.25) is 4.79 Å². The third-order valence-corrected chi connectivity index (χ3v) is 10.5. The van der Waals surface area contributed by atoms with Crippen LogP contribution in [0.5, 0.6) is 5.75 Å². The van der Waals surface area contributed by atoms with Crippen molar-refractivity contribution in [2.75, 3.05) is 6.61 Å². The predicted molar refractivity (Wildman–Crippen MR) is 220 cm³/mol. The molecule has 2 atom stereocenters. The summed E-state index contributed by atoms with van der Waals surface area (Å²) in [5.74, 6) is 0.518. The van der Waals surface area contributed by atoms with Gasteiger partial charge in [0.1, 0.15) is 11.5 Å². The van der Waals surface area contributed by atoms with E-state index in [1.165, 1.54) is 13.3 Å². The summed E-state index contributed by atoms with van der Waals surface area (Å²) in [4.78, 5) is 32.2. The highest BCUT2D eigenvalue weighted by Gasteiger charge is 2.25. The number of fused-ring (bicyclic) bond motifs is 5. The number of benzene rings is 5. The smallest absolute Gasteiger partial charge is 0.332 e. The lowest BCUT2D eigenvalue weighted by molar-refractivity contribution is -0.140. The van der Waals surface area contributed by atoms with Gasteiger partial charge in [-0.2, -0.15) is 0 Å². The normalized spacial score (nSPS) is 13.1. The maximum absolute atomic E-state index is 14.7. The van der Waals surface area contributed by atoms with Gasteiger partial charge in [-0.05, 0) is 86.9 Å². The van der Waals surface area contributed by atoms with E-state index in [4.69, 9.17) is 9.57 Å². The van der Waals surface area contributed by atoms with E-state index < -0.39 is 5.97 Å². The fraction of sp³-hybridized carbons (Fsp3) is 0.340. The quantitative estimate of drug-likeness (QED) is 0.0493. The number of carbonyl (C=O) groups excluding carboxylic acids is 2. The topological polar surface area (TPSA) is 90.1 Å². The molecule has 0 saturated heterocycles. The first-order valence-corrected chi connectivity index (χ1v) is 19.3. The molecule has 0 fully saturated rings. The van der Waals surface area contributed by atoms with Gasteiger partial charge in [0.15, 0.2) is 5.78 Å². The van der Waals surface area contributed by atoms with Gasteiger partial charge in [0.2, 0.25) is 0 Å². The van der Waals surface area contributed by atoms with Gasteiger partial charge in [0, 0.05) is 70.4 Å². The number of para-hydroxylation sites is 1. The van der Waals surface area contributed by atoms with Crippen LogP contribution in [0.25, 0.3) is 32.6 Å². The van der Waals surface area contributed by atoms with Crippen molar-refractivity contribution in [2.24, 2.45) is 11.1 Å². The van der Waals surface area contributed by atoms with Gasteiger partial charge >= 0.3 is 5.97 Å². The van der Waals surface area contributed by atoms with Crippen molar-refractivity contribution in [2.45, 2.75) is 93.2 Å². The van der Waals surface area contributed by atoms with Gasteiger partial charge < -0.3 is 19.2 Å². The zero-order valence-electron chi connectivity index (χ0n) is 32.7. The van der Waals surface area contributed by atoms with Crippen LogP contribution >= 0.6 is 0 Å². The maximum Gasteiger partial charge on any atom is 0.332 e. The SMILES string of the molecule is CCCCC(CC)Cn1c2ccc(/C(=N\OC(C)=O)c3ccccc3OC(C)CCO)cc2c2cc(C(=O)c3c(C)cc(C)cc3C)c3ccccc3c21. The monoisotopic (exact) mass is 724 g/mol. The number of ether oxygens (including phenoxy) is 1. The standard InChI is InChI=1S/C47H52N2O5/c1-8-10-15-34(9-2)28-49-42-21-20-35(45(48-54-33(7)51)38-18-13-14-19-43(38)53-32(6)22-23-50)26-39(42)40-27-41(36-16-11-12-17-37(36)46(40)49)47(52)44-30(4)24-29(3)25-31(44)5/h11-14,16-21,24-27,32,34,50H,8-10,15,22-23,28H2,1-7H3/b48-45+. The van der Waals surface area contributed by atoms with Gasteiger partial charge in [-0.25, -0.2) is 4.79 Å². The fourth-order valence-electron chi connectivity index (χ4n) is 7.93. The predicted octanol–water partition coefficient (Wildman–Crippen LogP) is 10.8. The van der Waals surface area contributed by atoms with Crippen LogP contribution in [0.15, 0.2) is 90.1 Å². The molecule has 0 aliphatic heterocycles. The molecule has 0 bridgehead atoms. The Balaban J connectivity index is 1.65. The second kappa shape index (κ2) is 16.8. The number of oxime groups is 1. The summed E-state index contributed by atoms with van der Waals surface area (Å²) in [7, 11) is 0. The summed E-state index contributed by atoms with van der Waals surface area (Å²) in [5.41, 5.74) is 8.47. The minimum absolute atomic E-state index is 0.00197. The number of aliphatic hydroxyl groups excluding tert-OH is 1. The Morgan fingerprint density at radius 3 is 2.20 bits per heavy atom. The molecule has 54 heavy (non-hydrogen) atoms. The van der Waals surface area contributed by atoms with E-state index in [2.05, 4.69) is 79.0 Å². The Hall–Kier alpha value is -5.27. The van der Waals surface area contributed by atoms with Gasteiger partial charge in [0.25, 0.3) is 0 Å². The number of unbranched alkanes of at least 4 members (excludes halogenated alkanes) is 1. The number of hydrogen-bond acceptors (Lipinski definition) is 6. The van der Waals surface area contributed by atoms with Crippen LogP contribution in [0.3, 0.4) is 0 Å². The molecule has 0 aliphatic rings. The molecule has 1 heterocycles. The Bertz CT molecular complexity index is 2350. The average molecular weight is 725 g/mol. The van der Waals surface area contributed by atoms with Crippen LogP contribution in [0.4, 0.5) is 0 Å². The van der Waals surface area contributed by atoms with E-state index in [9.17, 15) is 14.7 Å². The van der Waals surface area contributed by atoms with Crippen LogP contribution in [0.1, 0.15) is 104 Å². The molecule has 6 aromatic rings. The lowest BCUT2D eigenvalue weighted by Gasteiger charge is -2.19. The summed E-state index contributed by atoms with van der Waals surface area (Å²) >= 11 is 0. The molecule has 7 heteroatoms. The largest absolute Gasteiger partial charge is 0.490 e. The molecule has 0 radical (unpaired) electrons. The van der Waals surface area contributed by atoms with Crippen molar-refractivity contribution >= 4 is 50.0 Å². The van der Waals surface area contributed by atoms with Crippen LogP contribution in [-0.2, 0) is 16.2 Å². The lowest BCUT2D eigenvalue weighted by Crippen LogP contribution is -2.16. The molecule has 7 nitrogen and oxygen atoms in total. The van der Waals surface area contributed by atoms with Crippen molar-refractivity contribution in [1.29, 1.82) is 0 Å². The van der Waals surface area contributed by atoms with Crippen molar-refractivity contribution in [3.63, 3.8) is 0 Å².